The largest absolute Gasteiger partial charge is 0.347 e. The van der Waals surface area contributed by atoms with Crippen LogP contribution in [-0.4, -0.2) is 31.2 Å². The quantitative estimate of drug-likeness (QED) is 0.820. The van der Waals surface area contributed by atoms with E-state index in [1.54, 1.807) is 11.3 Å². The van der Waals surface area contributed by atoms with E-state index in [4.69, 9.17) is 0 Å². The summed E-state index contributed by atoms with van der Waals surface area (Å²) in [4.78, 5) is 7.13. The van der Waals surface area contributed by atoms with E-state index in [-0.39, 0.29) is 0 Å². The highest BCUT2D eigenvalue weighted by molar-refractivity contribution is 7.13. The molecule has 0 spiro atoms. The summed E-state index contributed by atoms with van der Waals surface area (Å²) in [5.41, 5.74) is 1.24. The molecule has 2 saturated heterocycles. The molecule has 3 heterocycles. The maximum absolute atomic E-state index is 4.66. The molecule has 15 heavy (non-hydrogen) atoms. The Kier molecular flexibility index (Phi) is 2.41. The molecule has 2 aliphatic heterocycles. The van der Waals surface area contributed by atoms with Crippen molar-refractivity contribution >= 4 is 16.5 Å². The number of fused-ring (bicyclic) bond motifs is 1. The van der Waals surface area contributed by atoms with Crippen LogP contribution >= 0.6 is 11.3 Å². The molecule has 2 aliphatic rings. The van der Waals surface area contributed by atoms with Crippen LogP contribution in [0, 0.1) is 11.8 Å². The monoisotopic (exact) mass is 223 g/mol. The van der Waals surface area contributed by atoms with Crippen molar-refractivity contribution in [2.75, 3.05) is 31.1 Å². The fraction of sp³-hybridized carbons (Fsp3) is 0.727. The zero-order valence-electron chi connectivity index (χ0n) is 9.07. The average Bonchev–Trinajstić information content (AvgIpc) is 2.91. The molecule has 0 aliphatic carbocycles. The number of hydrogen-bond acceptors (Lipinski definition) is 4. The highest BCUT2D eigenvalue weighted by atomic mass is 32.1. The fourth-order valence-electron chi connectivity index (χ4n) is 2.62. The summed E-state index contributed by atoms with van der Waals surface area (Å²) in [7, 11) is 0. The minimum absolute atomic E-state index is 0.860. The third kappa shape index (κ3) is 1.66. The lowest BCUT2D eigenvalue weighted by Gasteiger charge is -2.15. The van der Waals surface area contributed by atoms with E-state index < -0.39 is 0 Å². The number of thiazole rings is 1. The Morgan fingerprint density at radius 2 is 2.20 bits per heavy atom. The first-order valence-corrected chi connectivity index (χ1v) is 6.65. The fourth-order valence-corrected chi connectivity index (χ4v) is 3.54. The van der Waals surface area contributed by atoms with Gasteiger partial charge in [0, 0.05) is 31.6 Å². The van der Waals surface area contributed by atoms with E-state index >= 15 is 0 Å². The molecule has 82 valence electrons. The summed E-state index contributed by atoms with van der Waals surface area (Å²) in [6.45, 7) is 6.98. The zero-order chi connectivity index (χ0) is 10.3. The molecule has 2 unspecified atom stereocenters. The zero-order valence-corrected chi connectivity index (χ0v) is 9.89. The lowest BCUT2D eigenvalue weighted by molar-refractivity contribution is 0.533. The normalized spacial score (nSPS) is 29.8. The van der Waals surface area contributed by atoms with Crippen LogP contribution in [0.4, 0.5) is 5.13 Å². The van der Waals surface area contributed by atoms with Gasteiger partial charge in [-0.3, -0.25) is 0 Å². The van der Waals surface area contributed by atoms with Crippen molar-refractivity contribution in [3.63, 3.8) is 0 Å². The van der Waals surface area contributed by atoms with Gasteiger partial charge in [-0.2, -0.15) is 0 Å². The van der Waals surface area contributed by atoms with Crippen LogP contribution in [0.2, 0.25) is 0 Å². The first kappa shape index (κ1) is 9.60. The molecule has 0 radical (unpaired) electrons. The van der Waals surface area contributed by atoms with Gasteiger partial charge in [-0.25, -0.2) is 4.98 Å². The molecule has 1 N–H and O–H groups in total. The van der Waals surface area contributed by atoms with Crippen LogP contribution < -0.4 is 10.2 Å². The van der Waals surface area contributed by atoms with Crippen molar-refractivity contribution in [3.8, 4) is 0 Å². The second kappa shape index (κ2) is 3.76. The van der Waals surface area contributed by atoms with Gasteiger partial charge in [-0.1, -0.05) is 6.92 Å². The van der Waals surface area contributed by atoms with E-state index in [1.807, 2.05) is 0 Å². The van der Waals surface area contributed by atoms with E-state index in [9.17, 15) is 0 Å². The van der Waals surface area contributed by atoms with Gasteiger partial charge in [0.05, 0.1) is 5.69 Å². The number of aromatic nitrogens is 1. The average molecular weight is 223 g/mol. The molecule has 2 fully saturated rings. The molecule has 0 bridgehead atoms. The molecule has 1 aromatic rings. The van der Waals surface area contributed by atoms with Gasteiger partial charge in [0.1, 0.15) is 0 Å². The Morgan fingerprint density at radius 3 is 2.80 bits per heavy atom. The molecule has 0 amide bonds. The molecular formula is C11H17N3S. The summed E-state index contributed by atoms with van der Waals surface area (Å²) in [6.07, 6.45) is 1.05. The van der Waals surface area contributed by atoms with Crippen LogP contribution in [0.1, 0.15) is 12.6 Å². The van der Waals surface area contributed by atoms with Gasteiger partial charge in [0.25, 0.3) is 0 Å². The number of hydrogen-bond donors (Lipinski definition) is 1. The molecule has 4 heteroatoms. The molecule has 0 aromatic carbocycles. The summed E-state index contributed by atoms with van der Waals surface area (Å²) in [6, 6.07) is 0. The van der Waals surface area contributed by atoms with Crippen molar-refractivity contribution in [2.24, 2.45) is 11.8 Å². The number of anilines is 1. The van der Waals surface area contributed by atoms with Crippen molar-refractivity contribution in [3.05, 3.63) is 11.1 Å². The third-order valence-electron chi connectivity index (χ3n) is 3.56. The van der Waals surface area contributed by atoms with Crippen LogP contribution in [0.25, 0.3) is 0 Å². The Hall–Kier alpha value is -0.610. The van der Waals surface area contributed by atoms with Crippen molar-refractivity contribution in [1.29, 1.82) is 0 Å². The molecular weight excluding hydrogens is 206 g/mol. The predicted octanol–water partition coefficient (Wildman–Crippen LogP) is 1.36. The van der Waals surface area contributed by atoms with Crippen LogP contribution in [0.3, 0.4) is 0 Å². The first-order chi connectivity index (χ1) is 7.36. The maximum atomic E-state index is 4.66. The smallest absolute Gasteiger partial charge is 0.185 e. The van der Waals surface area contributed by atoms with Crippen LogP contribution in [0.5, 0.6) is 0 Å². The summed E-state index contributed by atoms with van der Waals surface area (Å²) >= 11 is 1.80. The second-order valence-electron chi connectivity index (χ2n) is 4.56. The first-order valence-electron chi connectivity index (χ1n) is 5.77. The highest BCUT2D eigenvalue weighted by Gasteiger charge is 2.36. The standard InChI is InChI=1S/C11H17N3S/c1-2-10-7-15-11(13-10)14-5-8-3-12-4-9(8)6-14/h7-9,12H,2-6H2,1H3. The number of nitrogens with zero attached hydrogens (tertiary/aromatic N) is 2. The van der Waals surface area contributed by atoms with Gasteiger partial charge in [0.2, 0.25) is 0 Å². The number of aryl methyl sites for hydroxylation is 1. The summed E-state index contributed by atoms with van der Waals surface area (Å²) in [5, 5.41) is 6.90. The van der Waals surface area contributed by atoms with Gasteiger partial charge in [-0.15, -0.1) is 11.3 Å². The molecule has 2 atom stereocenters. The van der Waals surface area contributed by atoms with Gasteiger partial charge < -0.3 is 10.2 Å². The Labute approximate surface area is 94.5 Å². The number of nitrogens with one attached hydrogen (secondary N) is 1. The van der Waals surface area contributed by atoms with E-state index in [0.29, 0.717) is 0 Å². The summed E-state index contributed by atoms with van der Waals surface area (Å²) in [5.74, 6) is 1.72. The minimum atomic E-state index is 0.860. The van der Waals surface area contributed by atoms with Crippen molar-refractivity contribution < 1.29 is 0 Å². The van der Waals surface area contributed by atoms with Crippen molar-refractivity contribution in [2.45, 2.75) is 13.3 Å². The van der Waals surface area contributed by atoms with E-state index in [2.05, 4.69) is 27.5 Å². The summed E-state index contributed by atoms with van der Waals surface area (Å²) < 4.78 is 0. The topological polar surface area (TPSA) is 28.2 Å². The third-order valence-corrected chi connectivity index (χ3v) is 4.51. The van der Waals surface area contributed by atoms with Crippen molar-refractivity contribution in [1.82, 2.24) is 10.3 Å². The van der Waals surface area contributed by atoms with Gasteiger partial charge >= 0.3 is 0 Å². The predicted molar refractivity (Wildman–Crippen MR) is 63.6 cm³/mol. The van der Waals surface area contributed by atoms with Crippen LogP contribution in [0.15, 0.2) is 5.38 Å². The molecule has 3 nitrogen and oxygen atoms in total. The lowest BCUT2D eigenvalue weighted by Crippen LogP contribution is -2.25. The van der Waals surface area contributed by atoms with Gasteiger partial charge in [-0.05, 0) is 18.3 Å². The Morgan fingerprint density at radius 1 is 1.47 bits per heavy atom. The Bertz CT molecular complexity index is 337. The molecule has 0 saturated carbocycles. The second-order valence-corrected chi connectivity index (χ2v) is 5.39. The molecule has 3 rings (SSSR count). The van der Waals surface area contributed by atoms with Crippen LogP contribution in [-0.2, 0) is 6.42 Å². The maximum Gasteiger partial charge on any atom is 0.185 e. The minimum Gasteiger partial charge on any atom is -0.347 e. The van der Waals surface area contributed by atoms with E-state index in [1.165, 1.54) is 37.0 Å². The number of rotatable bonds is 2. The SMILES string of the molecule is CCc1csc(N2CC3CNCC3C2)n1. The lowest BCUT2D eigenvalue weighted by atomic mass is 10.0. The molecule has 1 aromatic heterocycles. The van der Waals surface area contributed by atoms with Gasteiger partial charge in [0.15, 0.2) is 5.13 Å². The highest BCUT2D eigenvalue weighted by Crippen LogP contribution is 2.32. The van der Waals surface area contributed by atoms with E-state index in [0.717, 1.165) is 18.3 Å². The Balaban J connectivity index is 1.73.